The third kappa shape index (κ3) is 5.85. The molecule has 3 atom stereocenters. The van der Waals surface area contributed by atoms with E-state index in [0.717, 1.165) is 32.7 Å². The molecule has 2 saturated heterocycles. The highest BCUT2D eigenvalue weighted by molar-refractivity contribution is 5.71. The maximum Gasteiger partial charge on any atom is 0.314 e. The van der Waals surface area contributed by atoms with Crippen molar-refractivity contribution >= 4 is 6.03 Å². The van der Waals surface area contributed by atoms with Crippen molar-refractivity contribution in [1.29, 1.82) is 10.5 Å². The highest BCUT2D eigenvalue weighted by Gasteiger charge is 2.37. The van der Waals surface area contributed by atoms with Gasteiger partial charge in [0.05, 0.1) is 23.7 Å². The second kappa shape index (κ2) is 10.3. The Hall–Kier alpha value is -2.81. The van der Waals surface area contributed by atoms with E-state index in [1.807, 2.05) is 0 Å². The number of nitrogens with zero attached hydrogens (tertiary/aromatic N) is 5. The summed E-state index contributed by atoms with van der Waals surface area (Å²) in [6.45, 7) is 5.73. The number of hydrogen-bond donors (Lipinski definition) is 1. The Balaban J connectivity index is 1.64. The van der Waals surface area contributed by atoms with E-state index in [1.54, 1.807) is 31.3 Å². The molecule has 8 heteroatoms. The van der Waals surface area contributed by atoms with Crippen LogP contribution in [0.15, 0.2) is 24.3 Å². The van der Waals surface area contributed by atoms with Crippen LogP contribution < -0.4 is 10.5 Å². The molecular formula is C22H30N6O2. The minimum absolute atomic E-state index is 0.0362. The molecule has 0 saturated carbocycles. The number of rotatable bonds is 8. The van der Waals surface area contributed by atoms with Gasteiger partial charge in [-0.15, -0.1) is 0 Å². The fourth-order valence-electron chi connectivity index (χ4n) is 4.61. The van der Waals surface area contributed by atoms with Gasteiger partial charge in [0.2, 0.25) is 0 Å². The first-order valence-corrected chi connectivity index (χ1v) is 10.5. The van der Waals surface area contributed by atoms with Gasteiger partial charge in [0.15, 0.2) is 0 Å². The molecule has 0 radical (unpaired) electrons. The lowest BCUT2D eigenvalue weighted by Gasteiger charge is -2.48. The van der Waals surface area contributed by atoms with E-state index < -0.39 is 6.03 Å². The van der Waals surface area contributed by atoms with Crippen molar-refractivity contribution in [2.75, 3.05) is 52.9 Å². The predicted octanol–water partition coefficient (Wildman–Crippen LogP) is 1.48. The summed E-state index contributed by atoms with van der Waals surface area (Å²) in [5.74, 6) is 1.83. The van der Waals surface area contributed by atoms with Crippen molar-refractivity contribution in [1.82, 2.24) is 14.7 Å². The van der Waals surface area contributed by atoms with Gasteiger partial charge in [-0.1, -0.05) is 0 Å². The first-order valence-electron chi connectivity index (χ1n) is 10.5. The topological polar surface area (TPSA) is 110 Å². The zero-order valence-electron chi connectivity index (χ0n) is 17.5. The number of carbonyl (C=O) groups is 1. The van der Waals surface area contributed by atoms with Crippen molar-refractivity contribution in [3.8, 4) is 17.9 Å². The SMILES string of the molecule is CN(CC(COc1ccc(C#N)cc1)N1CC2CC(CN(CCC#N)C2)C1)C(N)=O. The van der Waals surface area contributed by atoms with Gasteiger partial charge in [-0.05, 0) is 42.5 Å². The number of likely N-dealkylation sites (N-methyl/N-ethyl adjacent to an activating group) is 1. The summed E-state index contributed by atoms with van der Waals surface area (Å²) in [5, 5.41) is 17.8. The lowest BCUT2D eigenvalue weighted by Crippen LogP contribution is -2.58. The largest absolute Gasteiger partial charge is 0.492 e. The number of benzene rings is 1. The number of primary amides is 1. The molecule has 2 amide bonds. The van der Waals surface area contributed by atoms with Crippen LogP contribution in [0, 0.1) is 34.5 Å². The Morgan fingerprint density at radius 1 is 1.23 bits per heavy atom. The molecule has 0 aromatic heterocycles. The predicted molar refractivity (Wildman–Crippen MR) is 112 cm³/mol. The van der Waals surface area contributed by atoms with Gasteiger partial charge in [-0.25, -0.2) is 4.79 Å². The maximum atomic E-state index is 11.6. The molecule has 2 heterocycles. The number of piperidine rings is 2. The number of urea groups is 1. The molecule has 2 fully saturated rings. The minimum atomic E-state index is -0.446. The molecule has 2 N–H and O–H groups in total. The lowest BCUT2D eigenvalue weighted by atomic mass is 9.84. The summed E-state index contributed by atoms with van der Waals surface area (Å²) < 4.78 is 6.02. The fraction of sp³-hybridized carbons (Fsp3) is 0.591. The lowest BCUT2D eigenvalue weighted by molar-refractivity contribution is -0.00343. The molecule has 2 aliphatic rings. The van der Waals surface area contributed by atoms with Crippen LogP contribution in [0.2, 0.25) is 0 Å². The van der Waals surface area contributed by atoms with Gasteiger partial charge in [-0.2, -0.15) is 10.5 Å². The van der Waals surface area contributed by atoms with Crippen LogP contribution in [0.25, 0.3) is 0 Å². The summed E-state index contributed by atoms with van der Waals surface area (Å²) in [4.78, 5) is 18.0. The fourth-order valence-corrected chi connectivity index (χ4v) is 4.61. The van der Waals surface area contributed by atoms with Crippen LogP contribution in [0.1, 0.15) is 18.4 Å². The Bertz CT molecular complexity index is 785. The van der Waals surface area contributed by atoms with Crippen molar-refractivity contribution < 1.29 is 9.53 Å². The molecule has 3 rings (SSSR count). The Morgan fingerprint density at radius 2 is 1.90 bits per heavy atom. The van der Waals surface area contributed by atoms with Gasteiger partial charge >= 0.3 is 6.03 Å². The molecule has 3 unspecified atom stereocenters. The number of ether oxygens (including phenoxy) is 1. The zero-order chi connectivity index (χ0) is 21.5. The van der Waals surface area contributed by atoms with E-state index in [2.05, 4.69) is 21.9 Å². The van der Waals surface area contributed by atoms with Crippen LogP contribution >= 0.6 is 0 Å². The van der Waals surface area contributed by atoms with Crippen LogP contribution in [0.5, 0.6) is 5.75 Å². The summed E-state index contributed by atoms with van der Waals surface area (Å²) in [7, 11) is 1.71. The quantitative estimate of drug-likeness (QED) is 0.695. The number of likely N-dealkylation sites (tertiary alicyclic amines) is 2. The number of fused-ring (bicyclic) bond motifs is 2. The van der Waals surface area contributed by atoms with E-state index in [1.165, 1.54) is 11.3 Å². The van der Waals surface area contributed by atoms with Crippen LogP contribution in [-0.2, 0) is 0 Å². The first-order chi connectivity index (χ1) is 14.5. The summed E-state index contributed by atoms with van der Waals surface area (Å²) >= 11 is 0. The van der Waals surface area contributed by atoms with Crippen molar-refractivity contribution in [2.24, 2.45) is 17.6 Å². The number of nitrogens with two attached hydrogens (primary N) is 1. The van der Waals surface area contributed by atoms with Gasteiger partial charge in [-0.3, -0.25) is 4.90 Å². The van der Waals surface area contributed by atoms with Gasteiger partial charge in [0.25, 0.3) is 0 Å². The first kappa shape index (κ1) is 21.9. The highest BCUT2D eigenvalue weighted by atomic mass is 16.5. The van der Waals surface area contributed by atoms with Crippen LogP contribution in [0.3, 0.4) is 0 Å². The second-order valence-corrected chi connectivity index (χ2v) is 8.41. The average molecular weight is 411 g/mol. The molecular weight excluding hydrogens is 380 g/mol. The van der Waals surface area contributed by atoms with Crippen molar-refractivity contribution in [3.05, 3.63) is 29.8 Å². The number of nitriles is 2. The number of carbonyl (C=O) groups excluding carboxylic acids is 1. The summed E-state index contributed by atoms with van der Waals surface area (Å²) in [6.07, 6.45) is 1.79. The number of hydrogen-bond acceptors (Lipinski definition) is 6. The van der Waals surface area contributed by atoms with Crippen LogP contribution in [-0.4, -0.2) is 79.7 Å². The third-order valence-corrected chi connectivity index (χ3v) is 6.03. The summed E-state index contributed by atoms with van der Waals surface area (Å²) in [6, 6.07) is 11.0. The molecule has 0 spiro atoms. The molecule has 2 aliphatic heterocycles. The van der Waals surface area contributed by atoms with E-state index in [-0.39, 0.29) is 6.04 Å². The molecule has 0 aliphatic carbocycles. The normalized spacial score (nSPS) is 22.5. The van der Waals surface area contributed by atoms with E-state index >= 15 is 0 Å². The Labute approximate surface area is 178 Å². The molecule has 30 heavy (non-hydrogen) atoms. The van der Waals surface area contributed by atoms with E-state index in [9.17, 15) is 4.79 Å². The van der Waals surface area contributed by atoms with E-state index in [4.69, 9.17) is 21.0 Å². The molecule has 1 aromatic rings. The van der Waals surface area contributed by atoms with Gasteiger partial charge in [0, 0.05) is 52.7 Å². The van der Waals surface area contributed by atoms with E-state index in [0.29, 0.717) is 42.7 Å². The zero-order valence-corrected chi connectivity index (χ0v) is 17.5. The smallest absolute Gasteiger partial charge is 0.314 e. The van der Waals surface area contributed by atoms with Gasteiger partial charge in [0.1, 0.15) is 12.4 Å². The minimum Gasteiger partial charge on any atom is -0.492 e. The second-order valence-electron chi connectivity index (χ2n) is 8.41. The third-order valence-electron chi connectivity index (χ3n) is 6.03. The molecule has 1 aromatic carbocycles. The summed E-state index contributed by atoms with van der Waals surface area (Å²) in [5.41, 5.74) is 6.07. The number of amides is 2. The Morgan fingerprint density at radius 3 is 2.47 bits per heavy atom. The average Bonchev–Trinajstić information content (AvgIpc) is 2.74. The highest BCUT2D eigenvalue weighted by Crippen LogP contribution is 2.30. The molecule has 160 valence electrons. The molecule has 2 bridgehead atoms. The van der Waals surface area contributed by atoms with Crippen molar-refractivity contribution in [3.63, 3.8) is 0 Å². The molecule has 8 nitrogen and oxygen atoms in total. The van der Waals surface area contributed by atoms with Gasteiger partial charge < -0.3 is 20.3 Å². The van der Waals surface area contributed by atoms with Crippen LogP contribution in [0.4, 0.5) is 4.79 Å². The standard InChI is InChI=1S/C22H30N6O2/c1-26(22(25)29)15-20(16-30-21-5-3-17(10-24)4-6-21)28-13-18-9-19(14-28)12-27(11-18)8-2-7-23/h3-6,18-20H,2,8-9,11-16H2,1H3,(H2,25,29). The monoisotopic (exact) mass is 410 g/mol. The maximum absolute atomic E-state index is 11.6. The van der Waals surface area contributed by atoms with Crippen molar-refractivity contribution in [2.45, 2.75) is 18.9 Å². The Kier molecular flexibility index (Phi) is 7.51.